The molecule has 0 heterocycles. The summed E-state index contributed by atoms with van der Waals surface area (Å²) in [6.07, 6.45) is 0.930. The van der Waals surface area contributed by atoms with Crippen molar-refractivity contribution in [3.8, 4) is 5.75 Å². The molecule has 0 radical (unpaired) electrons. The molecule has 0 spiro atoms. The molecule has 0 amide bonds. The fraction of sp³-hybridized carbons (Fsp3) is 0.158. The summed E-state index contributed by atoms with van der Waals surface area (Å²) in [6, 6.07) is 12.2. The number of rotatable bonds is 8. The number of carbonyl (C=O) groups excluding carboxylic acids is 2. The van der Waals surface area contributed by atoms with Crippen LogP contribution in [0.3, 0.4) is 0 Å². The molecule has 10 heteroatoms. The molecule has 0 fully saturated rings. The van der Waals surface area contributed by atoms with Gasteiger partial charge in [0.1, 0.15) is 11.4 Å². The zero-order valence-corrected chi connectivity index (χ0v) is 16.8. The van der Waals surface area contributed by atoms with Crippen molar-refractivity contribution in [1.29, 1.82) is 0 Å². The van der Waals surface area contributed by atoms with Crippen molar-refractivity contribution in [2.45, 2.75) is 4.90 Å². The molecular formula is C19H20N2O7S. The summed E-state index contributed by atoms with van der Waals surface area (Å²) in [4.78, 5) is 23.2. The fourth-order valence-corrected chi connectivity index (χ4v) is 3.31. The van der Waals surface area contributed by atoms with Crippen LogP contribution in [-0.2, 0) is 29.1 Å². The summed E-state index contributed by atoms with van der Waals surface area (Å²) >= 11 is 0. The molecule has 0 aliphatic rings. The number of methoxy groups -OCH3 is 3. The molecule has 0 aliphatic carbocycles. The molecule has 0 saturated carbocycles. The average Bonchev–Trinajstić information content (AvgIpc) is 2.73. The predicted molar refractivity (Wildman–Crippen MR) is 106 cm³/mol. The Labute approximate surface area is 168 Å². The first-order valence-electron chi connectivity index (χ1n) is 8.21. The van der Waals surface area contributed by atoms with Crippen LogP contribution in [-0.4, -0.2) is 41.7 Å². The highest BCUT2D eigenvalue weighted by molar-refractivity contribution is 7.92. The van der Waals surface area contributed by atoms with Gasteiger partial charge >= 0.3 is 11.9 Å². The number of carbonyl (C=O) groups is 2. The highest BCUT2D eigenvalue weighted by Gasteiger charge is 2.17. The second kappa shape index (κ2) is 9.60. The quantitative estimate of drug-likeness (QED) is 0.492. The van der Waals surface area contributed by atoms with Gasteiger partial charge in [-0.1, -0.05) is 12.1 Å². The van der Waals surface area contributed by atoms with Crippen LogP contribution in [0.4, 0.5) is 11.4 Å². The second-order valence-electron chi connectivity index (χ2n) is 5.53. The lowest BCUT2D eigenvalue weighted by Gasteiger charge is -2.13. The molecule has 0 saturated heterocycles. The molecule has 29 heavy (non-hydrogen) atoms. The lowest BCUT2D eigenvalue weighted by atomic mass is 10.3. The van der Waals surface area contributed by atoms with Crippen molar-refractivity contribution in [2.75, 3.05) is 31.4 Å². The monoisotopic (exact) mass is 420 g/mol. The maximum absolute atomic E-state index is 12.6. The van der Waals surface area contributed by atoms with Crippen molar-refractivity contribution >= 4 is 33.3 Å². The largest absolute Gasteiger partial charge is 0.495 e. The molecule has 2 aromatic rings. The van der Waals surface area contributed by atoms with Crippen molar-refractivity contribution in [3.63, 3.8) is 0 Å². The van der Waals surface area contributed by atoms with Crippen LogP contribution in [0.5, 0.6) is 5.75 Å². The van der Waals surface area contributed by atoms with E-state index >= 15 is 0 Å². The van der Waals surface area contributed by atoms with Gasteiger partial charge in [-0.25, -0.2) is 18.0 Å². The standard InChI is InChI=1S/C19H20N2O7S/c1-26-17-7-5-4-6-15(17)21-29(24,25)14-10-8-13(9-11-14)20-16(19(23)28-3)12-18(22)27-2/h4-12,20-21H,1-3H3/b16-12+. The Hall–Kier alpha value is -3.53. The summed E-state index contributed by atoms with van der Waals surface area (Å²) in [5.41, 5.74) is 0.495. The van der Waals surface area contributed by atoms with E-state index in [0.29, 0.717) is 17.1 Å². The molecule has 0 bridgehead atoms. The van der Waals surface area contributed by atoms with Gasteiger partial charge in [0.15, 0.2) is 0 Å². The van der Waals surface area contributed by atoms with Gasteiger partial charge < -0.3 is 19.5 Å². The first-order chi connectivity index (χ1) is 13.8. The number of hydrogen-bond donors (Lipinski definition) is 2. The number of para-hydroxylation sites is 2. The van der Waals surface area contributed by atoms with Gasteiger partial charge in [0.25, 0.3) is 10.0 Å². The number of benzene rings is 2. The third kappa shape index (κ3) is 5.72. The molecule has 2 N–H and O–H groups in total. The van der Waals surface area contributed by atoms with Crippen LogP contribution < -0.4 is 14.8 Å². The van der Waals surface area contributed by atoms with E-state index in [1.807, 2.05) is 0 Å². The first-order valence-corrected chi connectivity index (χ1v) is 9.70. The predicted octanol–water partition coefficient (Wildman–Crippen LogP) is 2.14. The van der Waals surface area contributed by atoms with Gasteiger partial charge in [0.2, 0.25) is 0 Å². The Kier molecular flexibility index (Phi) is 7.21. The minimum absolute atomic E-state index is 0.00878. The van der Waals surface area contributed by atoms with Gasteiger partial charge in [0.05, 0.1) is 38.0 Å². The summed E-state index contributed by atoms with van der Waals surface area (Å²) in [5.74, 6) is -1.16. The molecule has 2 rings (SSSR count). The Morgan fingerprint density at radius 2 is 1.59 bits per heavy atom. The Morgan fingerprint density at radius 3 is 2.17 bits per heavy atom. The number of sulfonamides is 1. The first kappa shape index (κ1) is 21.8. The molecule has 0 atom stereocenters. The van der Waals surface area contributed by atoms with Gasteiger partial charge in [0, 0.05) is 5.69 Å². The zero-order chi connectivity index (χ0) is 21.4. The van der Waals surface area contributed by atoms with Crippen LogP contribution >= 0.6 is 0 Å². The molecule has 0 aliphatic heterocycles. The molecule has 0 aromatic heterocycles. The van der Waals surface area contributed by atoms with E-state index in [9.17, 15) is 18.0 Å². The Balaban J connectivity index is 2.23. The van der Waals surface area contributed by atoms with Crippen LogP contribution in [0.25, 0.3) is 0 Å². The number of anilines is 2. The van der Waals surface area contributed by atoms with Gasteiger partial charge in [-0.3, -0.25) is 4.72 Å². The lowest BCUT2D eigenvalue weighted by Crippen LogP contribution is -2.16. The van der Waals surface area contributed by atoms with E-state index in [2.05, 4.69) is 19.5 Å². The topological polar surface area (TPSA) is 120 Å². The summed E-state index contributed by atoms with van der Waals surface area (Å²) in [7, 11) is -0.105. The molecular weight excluding hydrogens is 400 g/mol. The summed E-state index contributed by atoms with van der Waals surface area (Å²) < 4.78 is 41.9. The van der Waals surface area contributed by atoms with E-state index in [4.69, 9.17) is 4.74 Å². The number of hydrogen-bond acceptors (Lipinski definition) is 8. The van der Waals surface area contributed by atoms with E-state index in [0.717, 1.165) is 13.2 Å². The smallest absolute Gasteiger partial charge is 0.354 e. The maximum atomic E-state index is 12.6. The van der Waals surface area contributed by atoms with Gasteiger partial charge in [-0.2, -0.15) is 0 Å². The number of ether oxygens (including phenoxy) is 3. The van der Waals surface area contributed by atoms with Crippen LogP contribution in [0.15, 0.2) is 65.2 Å². The zero-order valence-electron chi connectivity index (χ0n) is 16.0. The van der Waals surface area contributed by atoms with Crippen molar-refractivity contribution in [3.05, 3.63) is 60.3 Å². The molecule has 0 unspecified atom stereocenters. The van der Waals surface area contributed by atoms with Crippen LogP contribution in [0.2, 0.25) is 0 Å². The Bertz CT molecular complexity index is 1020. The number of esters is 2. The van der Waals surface area contributed by atoms with Gasteiger partial charge in [-0.05, 0) is 36.4 Å². The minimum Gasteiger partial charge on any atom is -0.495 e. The third-order valence-corrected chi connectivity index (χ3v) is 5.05. The van der Waals surface area contributed by atoms with Crippen molar-refractivity contribution < 1.29 is 32.2 Å². The van der Waals surface area contributed by atoms with E-state index in [1.54, 1.807) is 24.3 Å². The van der Waals surface area contributed by atoms with Crippen LogP contribution in [0.1, 0.15) is 0 Å². The van der Waals surface area contributed by atoms with E-state index in [-0.39, 0.29) is 10.6 Å². The minimum atomic E-state index is -3.87. The number of nitrogens with one attached hydrogen (secondary N) is 2. The van der Waals surface area contributed by atoms with E-state index in [1.165, 1.54) is 38.5 Å². The molecule has 154 valence electrons. The van der Waals surface area contributed by atoms with Crippen molar-refractivity contribution in [2.24, 2.45) is 0 Å². The van der Waals surface area contributed by atoms with Crippen LogP contribution in [0, 0.1) is 0 Å². The SMILES string of the molecule is COC(=O)/C=C(/Nc1ccc(S(=O)(=O)Nc2ccccc2OC)cc1)C(=O)OC. The van der Waals surface area contributed by atoms with Gasteiger partial charge in [-0.15, -0.1) is 0 Å². The molecule has 9 nitrogen and oxygen atoms in total. The summed E-state index contributed by atoms with van der Waals surface area (Å²) in [6.45, 7) is 0. The highest BCUT2D eigenvalue weighted by Crippen LogP contribution is 2.26. The second-order valence-corrected chi connectivity index (χ2v) is 7.21. The normalized spacial score (nSPS) is 11.3. The van der Waals surface area contributed by atoms with E-state index < -0.39 is 22.0 Å². The average molecular weight is 420 g/mol. The fourth-order valence-electron chi connectivity index (χ4n) is 2.24. The third-order valence-electron chi connectivity index (χ3n) is 3.66. The Morgan fingerprint density at radius 1 is 0.931 bits per heavy atom. The maximum Gasteiger partial charge on any atom is 0.354 e. The lowest BCUT2D eigenvalue weighted by molar-refractivity contribution is -0.138. The highest BCUT2D eigenvalue weighted by atomic mass is 32.2. The van der Waals surface area contributed by atoms with Crippen molar-refractivity contribution in [1.82, 2.24) is 0 Å². The molecule has 2 aromatic carbocycles. The summed E-state index contributed by atoms with van der Waals surface area (Å²) in [5, 5.41) is 2.69.